The van der Waals surface area contributed by atoms with Crippen molar-refractivity contribution in [2.45, 2.75) is 70.8 Å². The maximum absolute atomic E-state index is 12.2. The summed E-state index contributed by atoms with van der Waals surface area (Å²) in [7, 11) is 0. The lowest BCUT2D eigenvalue weighted by Gasteiger charge is -2.33. The fourth-order valence-corrected chi connectivity index (χ4v) is 3.57. The van der Waals surface area contributed by atoms with Gasteiger partial charge in [-0.1, -0.05) is 39.5 Å². The molecule has 0 aliphatic heterocycles. The summed E-state index contributed by atoms with van der Waals surface area (Å²) in [5.74, 6) is 0.279. The number of hydrogen-bond donors (Lipinski definition) is 2. The zero-order chi connectivity index (χ0) is 13.2. The van der Waals surface area contributed by atoms with Crippen LogP contribution in [0.1, 0.15) is 65.2 Å². The Morgan fingerprint density at radius 2 is 1.83 bits per heavy atom. The minimum Gasteiger partial charge on any atom is -0.388 e. The predicted octanol–water partition coefficient (Wildman–Crippen LogP) is 2.62. The zero-order valence-corrected chi connectivity index (χ0v) is 11.8. The van der Waals surface area contributed by atoms with Crippen molar-refractivity contribution in [1.82, 2.24) is 5.32 Å². The first-order valence-electron chi connectivity index (χ1n) is 7.43. The van der Waals surface area contributed by atoms with E-state index in [1.165, 1.54) is 6.42 Å². The van der Waals surface area contributed by atoms with Crippen LogP contribution in [0.3, 0.4) is 0 Å². The fraction of sp³-hybridized carbons (Fsp3) is 0.933. The first-order chi connectivity index (χ1) is 8.43. The second kappa shape index (κ2) is 5.20. The second-order valence-electron chi connectivity index (χ2n) is 6.94. The van der Waals surface area contributed by atoms with E-state index in [0.29, 0.717) is 6.54 Å². The molecule has 18 heavy (non-hydrogen) atoms. The molecule has 3 heteroatoms. The van der Waals surface area contributed by atoms with Gasteiger partial charge in [0.1, 0.15) is 0 Å². The van der Waals surface area contributed by atoms with Crippen LogP contribution < -0.4 is 5.32 Å². The number of carbonyl (C=O) groups excluding carboxylic acids is 1. The van der Waals surface area contributed by atoms with Gasteiger partial charge in [-0.05, 0) is 31.1 Å². The van der Waals surface area contributed by atoms with Crippen LogP contribution in [0.25, 0.3) is 0 Å². The molecule has 0 heterocycles. The molecule has 3 nitrogen and oxygen atoms in total. The van der Waals surface area contributed by atoms with E-state index >= 15 is 0 Å². The van der Waals surface area contributed by atoms with Gasteiger partial charge in [-0.15, -0.1) is 0 Å². The number of hydrogen-bond acceptors (Lipinski definition) is 2. The molecule has 104 valence electrons. The van der Waals surface area contributed by atoms with Crippen LogP contribution in [0, 0.1) is 11.3 Å². The number of aliphatic hydroxyl groups is 1. The van der Waals surface area contributed by atoms with Gasteiger partial charge < -0.3 is 10.4 Å². The molecule has 1 atom stereocenters. The van der Waals surface area contributed by atoms with Crippen LogP contribution >= 0.6 is 0 Å². The Kier molecular flexibility index (Phi) is 4.00. The van der Waals surface area contributed by atoms with E-state index in [-0.39, 0.29) is 17.2 Å². The van der Waals surface area contributed by atoms with Gasteiger partial charge in [0.25, 0.3) is 0 Å². The van der Waals surface area contributed by atoms with E-state index in [9.17, 15) is 9.90 Å². The minimum atomic E-state index is -0.642. The molecule has 0 saturated heterocycles. The molecule has 1 amide bonds. The first kappa shape index (κ1) is 13.9. The molecule has 2 N–H and O–H groups in total. The predicted molar refractivity (Wildman–Crippen MR) is 72.2 cm³/mol. The van der Waals surface area contributed by atoms with E-state index in [1.54, 1.807) is 0 Å². The summed E-state index contributed by atoms with van der Waals surface area (Å²) in [6.07, 6.45) is 8.33. The van der Waals surface area contributed by atoms with Gasteiger partial charge in [0.2, 0.25) is 5.91 Å². The smallest absolute Gasteiger partial charge is 0.223 e. The topological polar surface area (TPSA) is 49.3 Å². The molecule has 2 fully saturated rings. The lowest BCUT2D eigenvalue weighted by atomic mass is 9.81. The number of nitrogens with one attached hydrogen (secondary N) is 1. The number of rotatable bonds is 3. The second-order valence-corrected chi connectivity index (χ2v) is 6.94. The van der Waals surface area contributed by atoms with Crippen molar-refractivity contribution < 1.29 is 9.90 Å². The van der Waals surface area contributed by atoms with Crippen LogP contribution in [-0.2, 0) is 4.79 Å². The Bertz CT molecular complexity index is 306. The Balaban J connectivity index is 1.84. The lowest BCUT2D eigenvalue weighted by molar-refractivity contribution is -0.129. The summed E-state index contributed by atoms with van der Waals surface area (Å²) in [5, 5.41) is 13.4. The normalized spacial score (nSPS) is 30.1. The molecular formula is C15H27NO2. The number of amides is 1. The SMILES string of the molecule is CC1(C)CCCC1C(=O)NCC1(O)CCCCC1. The average molecular weight is 253 g/mol. The zero-order valence-electron chi connectivity index (χ0n) is 11.8. The van der Waals surface area contributed by atoms with Crippen molar-refractivity contribution >= 4 is 5.91 Å². The fourth-order valence-electron chi connectivity index (χ4n) is 3.57. The quantitative estimate of drug-likeness (QED) is 0.812. The molecule has 0 spiro atoms. The third-order valence-corrected chi connectivity index (χ3v) is 4.95. The van der Waals surface area contributed by atoms with Gasteiger partial charge >= 0.3 is 0 Å². The highest BCUT2D eigenvalue weighted by molar-refractivity contribution is 5.79. The summed E-state index contributed by atoms with van der Waals surface area (Å²) in [5.41, 5.74) is -0.518. The molecule has 1 unspecified atom stereocenters. The molecule has 2 saturated carbocycles. The Morgan fingerprint density at radius 3 is 2.39 bits per heavy atom. The minimum absolute atomic E-state index is 0.124. The van der Waals surface area contributed by atoms with Gasteiger partial charge in [-0.25, -0.2) is 0 Å². The summed E-state index contributed by atoms with van der Waals surface area (Å²) in [4.78, 5) is 12.2. The molecule has 0 aromatic carbocycles. The van der Waals surface area contributed by atoms with Crippen molar-refractivity contribution in [2.75, 3.05) is 6.54 Å². The molecule has 0 aromatic rings. The lowest BCUT2D eigenvalue weighted by Crippen LogP contribution is -2.47. The van der Waals surface area contributed by atoms with Crippen molar-refractivity contribution in [1.29, 1.82) is 0 Å². The summed E-state index contributed by atoms with van der Waals surface area (Å²) in [6.45, 7) is 4.80. The average Bonchev–Trinajstić information content (AvgIpc) is 2.67. The molecule has 0 bridgehead atoms. The summed E-state index contributed by atoms with van der Waals surface area (Å²) in [6, 6.07) is 0. The number of carbonyl (C=O) groups is 1. The molecule has 0 aromatic heterocycles. The van der Waals surface area contributed by atoms with Crippen LogP contribution in [0.2, 0.25) is 0 Å². The van der Waals surface area contributed by atoms with Gasteiger partial charge in [0.05, 0.1) is 5.60 Å². The monoisotopic (exact) mass is 253 g/mol. The highest BCUT2D eigenvalue weighted by Crippen LogP contribution is 2.42. The Morgan fingerprint density at radius 1 is 1.17 bits per heavy atom. The van der Waals surface area contributed by atoms with Crippen LogP contribution in [0.4, 0.5) is 0 Å². The Labute approximate surface area is 110 Å². The third kappa shape index (κ3) is 3.05. The van der Waals surface area contributed by atoms with Gasteiger partial charge in [0.15, 0.2) is 0 Å². The standard InChI is InChI=1S/C15H27NO2/c1-14(2)8-6-7-12(14)13(17)16-11-15(18)9-4-3-5-10-15/h12,18H,3-11H2,1-2H3,(H,16,17). The van der Waals surface area contributed by atoms with Crippen molar-refractivity contribution in [3.8, 4) is 0 Å². The highest BCUT2D eigenvalue weighted by Gasteiger charge is 2.40. The van der Waals surface area contributed by atoms with E-state index < -0.39 is 5.60 Å². The van der Waals surface area contributed by atoms with Crippen molar-refractivity contribution in [3.05, 3.63) is 0 Å². The molecule has 2 rings (SSSR count). The first-order valence-corrected chi connectivity index (χ1v) is 7.43. The van der Waals surface area contributed by atoms with Gasteiger partial charge in [-0.2, -0.15) is 0 Å². The van der Waals surface area contributed by atoms with E-state index in [1.807, 2.05) is 0 Å². The third-order valence-electron chi connectivity index (χ3n) is 4.95. The van der Waals surface area contributed by atoms with Crippen LogP contribution in [0.5, 0.6) is 0 Å². The molecule has 2 aliphatic carbocycles. The molecular weight excluding hydrogens is 226 g/mol. The van der Waals surface area contributed by atoms with E-state index in [4.69, 9.17) is 0 Å². The molecule has 0 radical (unpaired) electrons. The maximum atomic E-state index is 12.2. The van der Waals surface area contributed by atoms with Crippen molar-refractivity contribution in [3.63, 3.8) is 0 Å². The van der Waals surface area contributed by atoms with Crippen LogP contribution in [0.15, 0.2) is 0 Å². The van der Waals surface area contributed by atoms with Crippen LogP contribution in [-0.4, -0.2) is 23.2 Å². The summed E-state index contributed by atoms with van der Waals surface area (Å²) < 4.78 is 0. The summed E-state index contributed by atoms with van der Waals surface area (Å²) >= 11 is 0. The van der Waals surface area contributed by atoms with Crippen molar-refractivity contribution in [2.24, 2.45) is 11.3 Å². The molecule has 2 aliphatic rings. The largest absolute Gasteiger partial charge is 0.388 e. The van der Waals surface area contributed by atoms with E-state index in [2.05, 4.69) is 19.2 Å². The van der Waals surface area contributed by atoms with E-state index in [0.717, 1.165) is 44.9 Å². The maximum Gasteiger partial charge on any atom is 0.223 e. The highest BCUT2D eigenvalue weighted by atomic mass is 16.3. The Hall–Kier alpha value is -0.570. The van der Waals surface area contributed by atoms with Gasteiger partial charge in [-0.3, -0.25) is 4.79 Å². The van der Waals surface area contributed by atoms with Gasteiger partial charge in [0, 0.05) is 12.5 Å².